The zero-order valence-corrected chi connectivity index (χ0v) is 33.4. The Bertz CT molecular complexity index is 1460. The second-order valence-corrected chi connectivity index (χ2v) is 14.9. The number of aliphatic hydroxyl groups is 1. The van der Waals surface area contributed by atoms with E-state index in [1.54, 1.807) is 38.1 Å². The molecule has 0 saturated carbocycles. The van der Waals surface area contributed by atoms with Gasteiger partial charge < -0.3 is 53.6 Å². The standard InChI is InChI=1S/C35H55IN8O10/c1-6-7-8-23(30(38)49)41-32(51)24(13-18(2)3)40-27(46)16-39-35(54)29(19(4)5)44-34(53)25(14-20-9-11-21(36)12-10-20)43-33(52)26(15-28(47)48)42-31(50)22(37)17-45/h9-12,18-19,22-26,29,45H,6-8,13-17,37H2,1-5H3,(H2,38,49)(H,39,54)(H,40,46)(H,41,51)(H,42,50)(H,43,52)(H,44,53)(H,47,48)/t22-,23-,24-,25-,26-,29-/m0/s1. The Morgan fingerprint density at radius 3 is 1.83 bits per heavy atom. The molecule has 0 saturated heterocycles. The molecule has 18 nitrogen and oxygen atoms in total. The molecule has 0 heterocycles. The van der Waals surface area contributed by atoms with Crippen molar-refractivity contribution in [3.8, 4) is 0 Å². The van der Waals surface area contributed by atoms with E-state index in [0.29, 0.717) is 18.4 Å². The van der Waals surface area contributed by atoms with Crippen molar-refractivity contribution in [3.05, 3.63) is 33.4 Å². The van der Waals surface area contributed by atoms with Crippen molar-refractivity contribution in [3.63, 3.8) is 0 Å². The monoisotopic (exact) mass is 874 g/mol. The highest BCUT2D eigenvalue weighted by Gasteiger charge is 2.33. The molecule has 1 aromatic rings. The maximum atomic E-state index is 13.7. The van der Waals surface area contributed by atoms with Crippen LogP contribution in [0.2, 0.25) is 0 Å². The van der Waals surface area contributed by atoms with Crippen LogP contribution in [-0.4, -0.2) is 107 Å². The molecule has 302 valence electrons. The van der Waals surface area contributed by atoms with Crippen molar-refractivity contribution in [1.82, 2.24) is 31.9 Å². The van der Waals surface area contributed by atoms with Crippen molar-refractivity contribution in [2.45, 2.75) is 109 Å². The molecule has 6 atom stereocenters. The van der Waals surface area contributed by atoms with E-state index >= 15 is 0 Å². The van der Waals surface area contributed by atoms with Gasteiger partial charge >= 0.3 is 5.97 Å². The van der Waals surface area contributed by atoms with Gasteiger partial charge in [0.2, 0.25) is 41.4 Å². The van der Waals surface area contributed by atoms with E-state index in [2.05, 4.69) is 54.5 Å². The molecule has 0 spiro atoms. The van der Waals surface area contributed by atoms with Crippen LogP contribution in [0.4, 0.5) is 0 Å². The first-order valence-electron chi connectivity index (χ1n) is 17.7. The van der Waals surface area contributed by atoms with Gasteiger partial charge in [0.15, 0.2) is 0 Å². The van der Waals surface area contributed by atoms with Gasteiger partial charge in [0.25, 0.3) is 0 Å². The first-order valence-corrected chi connectivity index (χ1v) is 18.8. The summed E-state index contributed by atoms with van der Waals surface area (Å²) in [5.41, 5.74) is 11.6. The van der Waals surface area contributed by atoms with Gasteiger partial charge in [-0.1, -0.05) is 59.6 Å². The van der Waals surface area contributed by atoms with Gasteiger partial charge in [-0.25, -0.2) is 0 Å². The molecule has 0 aliphatic carbocycles. The lowest BCUT2D eigenvalue weighted by atomic mass is 10.0. The lowest BCUT2D eigenvalue weighted by Gasteiger charge is -2.27. The number of nitrogens with one attached hydrogen (secondary N) is 6. The number of aliphatic hydroxyl groups excluding tert-OH is 1. The second-order valence-electron chi connectivity index (χ2n) is 13.6. The fourth-order valence-electron chi connectivity index (χ4n) is 5.06. The fourth-order valence-corrected chi connectivity index (χ4v) is 5.42. The first kappa shape index (κ1) is 47.7. The van der Waals surface area contributed by atoms with Crippen LogP contribution in [0.1, 0.15) is 72.3 Å². The Hall–Kier alpha value is -4.37. The number of aliphatic carboxylic acids is 1. The molecule has 0 aliphatic rings. The summed E-state index contributed by atoms with van der Waals surface area (Å²) in [5, 5.41) is 33.5. The van der Waals surface area contributed by atoms with Crippen LogP contribution in [0.15, 0.2) is 24.3 Å². The van der Waals surface area contributed by atoms with Crippen LogP contribution >= 0.6 is 22.6 Å². The third-order valence-corrected chi connectivity index (χ3v) is 8.79. The zero-order chi connectivity index (χ0) is 41.1. The molecule has 0 aromatic heterocycles. The highest BCUT2D eigenvalue weighted by molar-refractivity contribution is 14.1. The Morgan fingerprint density at radius 1 is 0.759 bits per heavy atom. The summed E-state index contributed by atoms with van der Waals surface area (Å²) in [6, 6.07) is -0.673. The topological polar surface area (TPSA) is 301 Å². The van der Waals surface area contributed by atoms with Gasteiger partial charge in [-0.3, -0.25) is 38.4 Å². The Balaban J connectivity index is 3.16. The summed E-state index contributed by atoms with van der Waals surface area (Å²) in [6.45, 7) is 7.55. The Kier molecular flexibility index (Phi) is 21.3. The molecular weight excluding hydrogens is 819 g/mol. The number of nitrogens with two attached hydrogens (primary N) is 2. The number of unbranched alkanes of at least 4 members (excludes halogenated alkanes) is 1. The average molecular weight is 875 g/mol. The fraction of sp³-hybridized carbons (Fsp3) is 0.600. The molecule has 12 N–H and O–H groups in total. The molecule has 54 heavy (non-hydrogen) atoms. The van der Waals surface area contributed by atoms with Crippen molar-refractivity contribution in [2.75, 3.05) is 13.2 Å². The highest BCUT2D eigenvalue weighted by Crippen LogP contribution is 2.12. The summed E-state index contributed by atoms with van der Waals surface area (Å²) < 4.78 is 0.893. The predicted octanol–water partition coefficient (Wildman–Crippen LogP) is -1.45. The van der Waals surface area contributed by atoms with Gasteiger partial charge in [-0.05, 0) is 65.0 Å². The van der Waals surface area contributed by atoms with Crippen molar-refractivity contribution < 1.29 is 48.6 Å². The summed E-state index contributed by atoms with van der Waals surface area (Å²) >= 11 is 2.09. The SMILES string of the molecule is CCCC[C@H](NC(=O)[C@H](CC(C)C)NC(=O)CNC(=O)[C@@H](NC(=O)[C@H](Cc1ccc(I)cc1)NC(=O)[C@H](CC(=O)O)NC(=O)[C@@H](N)CO)C(C)C)C(N)=O. The van der Waals surface area contributed by atoms with E-state index in [0.717, 1.165) is 9.99 Å². The van der Waals surface area contributed by atoms with Crippen LogP contribution in [-0.2, 0) is 44.8 Å². The largest absolute Gasteiger partial charge is 0.481 e. The lowest BCUT2D eigenvalue weighted by molar-refractivity contribution is -0.141. The van der Waals surface area contributed by atoms with Crippen LogP contribution < -0.4 is 43.4 Å². The van der Waals surface area contributed by atoms with Crippen molar-refractivity contribution in [2.24, 2.45) is 23.3 Å². The summed E-state index contributed by atoms with van der Waals surface area (Å²) in [4.78, 5) is 102. The minimum atomic E-state index is -1.66. The van der Waals surface area contributed by atoms with E-state index in [4.69, 9.17) is 11.5 Å². The number of carbonyl (C=O) groups excluding carboxylic acids is 7. The summed E-state index contributed by atoms with van der Waals surface area (Å²) in [7, 11) is 0. The van der Waals surface area contributed by atoms with Crippen LogP contribution in [0.5, 0.6) is 0 Å². The van der Waals surface area contributed by atoms with E-state index in [9.17, 15) is 48.6 Å². The van der Waals surface area contributed by atoms with Crippen LogP contribution in [0, 0.1) is 15.4 Å². The van der Waals surface area contributed by atoms with Gasteiger partial charge in [-0.15, -0.1) is 0 Å². The first-order chi connectivity index (χ1) is 25.3. The number of hydrogen-bond donors (Lipinski definition) is 10. The summed E-state index contributed by atoms with van der Waals surface area (Å²) in [6.07, 6.45) is 1.04. The van der Waals surface area contributed by atoms with E-state index in [-0.39, 0.29) is 18.8 Å². The maximum absolute atomic E-state index is 13.7. The molecule has 19 heteroatoms. The van der Waals surface area contributed by atoms with Gasteiger partial charge in [0, 0.05) is 9.99 Å². The van der Waals surface area contributed by atoms with Crippen LogP contribution in [0.25, 0.3) is 0 Å². The number of halogens is 1. The zero-order valence-electron chi connectivity index (χ0n) is 31.3. The van der Waals surface area contributed by atoms with E-state index in [1.165, 1.54) is 0 Å². The number of amides is 7. The molecule has 1 aromatic carbocycles. The van der Waals surface area contributed by atoms with E-state index < -0.39 is 109 Å². The van der Waals surface area contributed by atoms with E-state index in [1.807, 2.05) is 20.8 Å². The summed E-state index contributed by atoms with van der Waals surface area (Å²) in [5.74, 6) is -7.60. The third-order valence-electron chi connectivity index (χ3n) is 8.07. The minimum absolute atomic E-state index is 0.0272. The van der Waals surface area contributed by atoms with Gasteiger partial charge in [-0.2, -0.15) is 0 Å². The third kappa shape index (κ3) is 17.6. The number of carboxylic acids is 1. The number of carboxylic acid groups (broad SMARTS) is 1. The number of hydrogen-bond acceptors (Lipinski definition) is 10. The molecule has 7 amide bonds. The molecular formula is C35H55IN8O10. The van der Waals surface area contributed by atoms with Gasteiger partial charge in [0.1, 0.15) is 36.3 Å². The number of rotatable bonds is 24. The Labute approximate surface area is 328 Å². The maximum Gasteiger partial charge on any atom is 0.305 e. The smallest absolute Gasteiger partial charge is 0.305 e. The van der Waals surface area contributed by atoms with Crippen molar-refractivity contribution >= 4 is 69.9 Å². The highest BCUT2D eigenvalue weighted by atomic mass is 127. The molecule has 1 rings (SSSR count). The van der Waals surface area contributed by atoms with Crippen LogP contribution in [0.3, 0.4) is 0 Å². The second kappa shape index (κ2) is 24.1. The lowest BCUT2D eigenvalue weighted by Crippen LogP contribution is -2.60. The molecule has 0 fully saturated rings. The number of primary amides is 1. The molecule has 0 bridgehead atoms. The quantitative estimate of drug-likeness (QED) is 0.0536. The molecule has 0 unspecified atom stereocenters. The average Bonchev–Trinajstić information content (AvgIpc) is 3.09. The molecule has 0 aliphatic heterocycles. The predicted molar refractivity (Wildman–Crippen MR) is 206 cm³/mol. The molecule has 0 radical (unpaired) electrons. The van der Waals surface area contributed by atoms with Crippen molar-refractivity contribution in [1.29, 1.82) is 0 Å². The minimum Gasteiger partial charge on any atom is -0.481 e. The van der Waals surface area contributed by atoms with Gasteiger partial charge in [0.05, 0.1) is 19.6 Å². The Morgan fingerprint density at radius 2 is 1.31 bits per heavy atom. The number of benzene rings is 1. The normalized spacial score (nSPS) is 14.4. The number of carbonyl (C=O) groups is 8.